The SMILES string of the molecule is CC.CC.c1ccc(CCCC2CCC(CNCc3ccccc3)CC2)cc1. The third kappa shape index (κ3) is 10.1. The lowest BCUT2D eigenvalue weighted by molar-refractivity contribution is 0.254. The average molecular weight is 382 g/mol. The minimum atomic E-state index is 0.888. The van der Waals surface area contributed by atoms with Gasteiger partial charge in [-0.2, -0.15) is 0 Å². The zero-order valence-corrected chi connectivity index (χ0v) is 18.8. The van der Waals surface area contributed by atoms with E-state index in [-0.39, 0.29) is 0 Å². The molecule has 1 fully saturated rings. The summed E-state index contributed by atoms with van der Waals surface area (Å²) in [5, 5.41) is 3.65. The molecule has 0 heterocycles. The molecule has 0 aromatic heterocycles. The molecule has 0 atom stereocenters. The van der Waals surface area contributed by atoms with Gasteiger partial charge in [0.25, 0.3) is 0 Å². The Morgan fingerprint density at radius 3 is 1.75 bits per heavy atom. The predicted octanol–water partition coefficient (Wildman–Crippen LogP) is 7.66. The number of nitrogens with one attached hydrogen (secondary N) is 1. The van der Waals surface area contributed by atoms with Gasteiger partial charge in [-0.05, 0) is 55.2 Å². The second kappa shape index (κ2) is 16.4. The van der Waals surface area contributed by atoms with E-state index in [2.05, 4.69) is 66.0 Å². The fraction of sp³-hybridized carbons (Fsp3) is 0.556. The quantitative estimate of drug-likeness (QED) is 0.495. The van der Waals surface area contributed by atoms with E-state index in [4.69, 9.17) is 0 Å². The van der Waals surface area contributed by atoms with Crippen LogP contribution in [-0.4, -0.2) is 6.54 Å². The van der Waals surface area contributed by atoms with Gasteiger partial charge in [0, 0.05) is 6.54 Å². The van der Waals surface area contributed by atoms with Gasteiger partial charge < -0.3 is 5.32 Å². The molecule has 0 bridgehead atoms. The lowest BCUT2D eigenvalue weighted by Crippen LogP contribution is -2.26. The smallest absolute Gasteiger partial charge is 0.0205 e. The molecule has 0 amide bonds. The Hall–Kier alpha value is -1.60. The van der Waals surface area contributed by atoms with E-state index in [0.29, 0.717) is 0 Å². The Balaban J connectivity index is 0.000000921. The van der Waals surface area contributed by atoms with Crippen LogP contribution in [0.4, 0.5) is 0 Å². The molecule has 0 unspecified atom stereocenters. The summed E-state index contributed by atoms with van der Waals surface area (Å²) in [5.74, 6) is 1.86. The Morgan fingerprint density at radius 1 is 0.679 bits per heavy atom. The van der Waals surface area contributed by atoms with Crippen LogP contribution in [0.15, 0.2) is 60.7 Å². The molecule has 2 aromatic rings. The van der Waals surface area contributed by atoms with Crippen molar-refractivity contribution in [2.45, 2.75) is 79.2 Å². The van der Waals surface area contributed by atoms with Crippen molar-refractivity contribution < 1.29 is 0 Å². The number of aryl methyl sites for hydroxylation is 1. The van der Waals surface area contributed by atoms with Crippen LogP contribution in [0.3, 0.4) is 0 Å². The topological polar surface area (TPSA) is 12.0 Å². The molecule has 1 aliphatic carbocycles. The van der Waals surface area contributed by atoms with Gasteiger partial charge in [-0.15, -0.1) is 0 Å². The highest BCUT2D eigenvalue weighted by Gasteiger charge is 2.20. The number of hydrogen-bond donors (Lipinski definition) is 1. The van der Waals surface area contributed by atoms with Gasteiger partial charge in [-0.25, -0.2) is 0 Å². The summed E-state index contributed by atoms with van der Waals surface area (Å²) in [4.78, 5) is 0. The average Bonchev–Trinajstić information content (AvgIpc) is 2.79. The summed E-state index contributed by atoms with van der Waals surface area (Å²) >= 11 is 0. The van der Waals surface area contributed by atoms with Crippen LogP contribution in [0.1, 0.15) is 77.3 Å². The highest BCUT2D eigenvalue weighted by atomic mass is 14.9. The Kier molecular flexibility index (Phi) is 14.3. The van der Waals surface area contributed by atoms with Gasteiger partial charge in [0.1, 0.15) is 0 Å². The maximum Gasteiger partial charge on any atom is 0.0205 e. The molecule has 3 rings (SSSR count). The van der Waals surface area contributed by atoms with E-state index in [1.807, 2.05) is 27.7 Å². The fourth-order valence-electron chi connectivity index (χ4n) is 3.98. The van der Waals surface area contributed by atoms with E-state index in [1.165, 1.54) is 62.6 Å². The molecule has 2 aromatic carbocycles. The maximum atomic E-state index is 3.65. The highest BCUT2D eigenvalue weighted by Crippen LogP contribution is 2.31. The zero-order valence-electron chi connectivity index (χ0n) is 18.8. The van der Waals surface area contributed by atoms with Crippen LogP contribution >= 0.6 is 0 Å². The third-order valence-electron chi connectivity index (χ3n) is 5.49. The van der Waals surface area contributed by atoms with Crippen molar-refractivity contribution in [2.24, 2.45) is 11.8 Å². The van der Waals surface area contributed by atoms with E-state index in [1.54, 1.807) is 0 Å². The van der Waals surface area contributed by atoms with Crippen molar-refractivity contribution in [1.82, 2.24) is 5.32 Å². The largest absolute Gasteiger partial charge is 0.312 e. The molecule has 156 valence electrons. The molecule has 28 heavy (non-hydrogen) atoms. The van der Waals surface area contributed by atoms with Gasteiger partial charge in [0.15, 0.2) is 0 Å². The molecule has 0 spiro atoms. The first-order chi connectivity index (χ1) is 13.9. The second-order valence-corrected chi connectivity index (χ2v) is 7.38. The Bertz CT molecular complexity index is 502. The summed E-state index contributed by atoms with van der Waals surface area (Å²) in [7, 11) is 0. The summed E-state index contributed by atoms with van der Waals surface area (Å²) in [5.41, 5.74) is 2.89. The highest BCUT2D eigenvalue weighted by molar-refractivity contribution is 5.15. The molecule has 1 heteroatoms. The van der Waals surface area contributed by atoms with E-state index >= 15 is 0 Å². The number of rotatable bonds is 8. The van der Waals surface area contributed by atoms with Gasteiger partial charge in [0.2, 0.25) is 0 Å². The molecule has 0 saturated heterocycles. The molecule has 1 saturated carbocycles. The summed E-state index contributed by atoms with van der Waals surface area (Å²) < 4.78 is 0. The Morgan fingerprint density at radius 2 is 1.18 bits per heavy atom. The van der Waals surface area contributed by atoms with Crippen molar-refractivity contribution in [3.8, 4) is 0 Å². The first-order valence-electron chi connectivity index (χ1n) is 11.7. The molecular formula is C27H43N. The Labute approximate surface area is 175 Å². The van der Waals surface area contributed by atoms with E-state index in [0.717, 1.165) is 18.4 Å². The minimum absolute atomic E-state index is 0.888. The first-order valence-corrected chi connectivity index (χ1v) is 11.7. The van der Waals surface area contributed by atoms with Gasteiger partial charge in [0.05, 0.1) is 0 Å². The normalized spacial score (nSPS) is 18.3. The third-order valence-corrected chi connectivity index (χ3v) is 5.49. The van der Waals surface area contributed by atoms with Crippen LogP contribution in [0.2, 0.25) is 0 Å². The van der Waals surface area contributed by atoms with Crippen molar-refractivity contribution >= 4 is 0 Å². The second-order valence-electron chi connectivity index (χ2n) is 7.38. The molecule has 1 N–H and O–H groups in total. The van der Waals surface area contributed by atoms with Gasteiger partial charge in [-0.1, -0.05) is 108 Å². The standard InChI is InChI=1S/C23H31N.2C2H6/c1-3-8-20(9-4-1)12-7-13-21-14-16-23(17-15-21)19-24-18-22-10-5-2-6-11-22;2*1-2/h1-6,8-11,21,23-24H,7,12-19H2;2*1-2H3. The minimum Gasteiger partial charge on any atom is -0.312 e. The van der Waals surface area contributed by atoms with E-state index < -0.39 is 0 Å². The summed E-state index contributed by atoms with van der Waals surface area (Å²) in [6.07, 6.45) is 9.72. The van der Waals surface area contributed by atoms with Crippen LogP contribution < -0.4 is 5.32 Å². The van der Waals surface area contributed by atoms with Crippen molar-refractivity contribution in [2.75, 3.05) is 6.54 Å². The van der Waals surface area contributed by atoms with Crippen LogP contribution in [0.5, 0.6) is 0 Å². The lowest BCUT2D eigenvalue weighted by atomic mass is 9.79. The fourth-order valence-corrected chi connectivity index (χ4v) is 3.98. The number of benzene rings is 2. The van der Waals surface area contributed by atoms with Crippen LogP contribution in [0.25, 0.3) is 0 Å². The van der Waals surface area contributed by atoms with Crippen molar-refractivity contribution in [1.29, 1.82) is 0 Å². The van der Waals surface area contributed by atoms with Crippen LogP contribution in [0, 0.1) is 11.8 Å². The zero-order chi connectivity index (χ0) is 20.5. The van der Waals surface area contributed by atoms with Crippen molar-refractivity contribution in [3.05, 3.63) is 71.8 Å². The first kappa shape index (κ1) is 24.4. The molecule has 1 aliphatic rings. The summed E-state index contributed by atoms with van der Waals surface area (Å²) in [6, 6.07) is 21.7. The molecular weight excluding hydrogens is 338 g/mol. The molecule has 1 nitrogen and oxygen atoms in total. The van der Waals surface area contributed by atoms with Gasteiger partial charge in [-0.3, -0.25) is 0 Å². The maximum absolute atomic E-state index is 3.65. The molecule has 0 radical (unpaired) electrons. The van der Waals surface area contributed by atoms with Crippen molar-refractivity contribution in [3.63, 3.8) is 0 Å². The number of hydrogen-bond acceptors (Lipinski definition) is 1. The van der Waals surface area contributed by atoms with Crippen LogP contribution in [-0.2, 0) is 13.0 Å². The molecule has 0 aliphatic heterocycles. The monoisotopic (exact) mass is 381 g/mol. The van der Waals surface area contributed by atoms with E-state index in [9.17, 15) is 0 Å². The van der Waals surface area contributed by atoms with Gasteiger partial charge >= 0.3 is 0 Å². The predicted molar refractivity (Wildman–Crippen MR) is 126 cm³/mol. The summed E-state index contributed by atoms with van der Waals surface area (Å²) in [6.45, 7) is 10.2. The lowest BCUT2D eigenvalue weighted by Gasteiger charge is -2.28.